The van der Waals surface area contributed by atoms with Crippen LogP contribution in [0.3, 0.4) is 0 Å². The Bertz CT molecular complexity index is 988. The van der Waals surface area contributed by atoms with Crippen LogP contribution in [0.15, 0.2) is 11.6 Å². The van der Waals surface area contributed by atoms with Crippen molar-refractivity contribution in [1.82, 2.24) is 0 Å². The molecule has 4 fully saturated rings. The summed E-state index contributed by atoms with van der Waals surface area (Å²) in [6.07, 6.45) is 8.13. The summed E-state index contributed by atoms with van der Waals surface area (Å²) in [4.78, 5) is 26.8. The van der Waals surface area contributed by atoms with Crippen LogP contribution in [-0.2, 0) is 9.59 Å². The molecule has 5 aliphatic rings. The van der Waals surface area contributed by atoms with Gasteiger partial charge in [0.25, 0.3) is 0 Å². The van der Waals surface area contributed by atoms with E-state index >= 15 is 0 Å². The number of carbonyl (C=O) groups excluding carboxylic acids is 2. The molecular formula is C30H48N2O3. The maximum absolute atomic E-state index is 14.3. The Morgan fingerprint density at radius 1 is 1.03 bits per heavy atom. The molecular weight excluding hydrogens is 436 g/mol. The summed E-state index contributed by atoms with van der Waals surface area (Å²) >= 11 is 0. The van der Waals surface area contributed by atoms with Gasteiger partial charge in [0, 0.05) is 11.5 Å². The van der Waals surface area contributed by atoms with E-state index in [0.717, 1.165) is 19.3 Å². The molecule has 1 amide bonds. The van der Waals surface area contributed by atoms with Gasteiger partial charge in [-0.1, -0.05) is 47.1 Å². The van der Waals surface area contributed by atoms with Gasteiger partial charge in [-0.3, -0.25) is 9.59 Å². The molecule has 5 aliphatic carbocycles. The van der Waals surface area contributed by atoms with Crippen LogP contribution in [0.4, 0.5) is 0 Å². The summed E-state index contributed by atoms with van der Waals surface area (Å²) in [6, 6.07) is 0. The second-order valence-electron chi connectivity index (χ2n) is 14.8. The zero-order chi connectivity index (χ0) is 25.9. The first kappa shape index (κ1) is 25.4. The van der Waals surface area contributed by atoms with Crippen LogP contribution in [-0.4, -0.2) is 28.4 Å². The number of hydrogen-bond donors (Lipinski definition) is 3. The van der Waals surface area contributed by atoms with Crippen molar-refractivity contribution in [3.63, 3.8) is 0 Å². The fourth-order valence-corrected chi connectivity index (χ4v) is 10.8. The van der Waals surface area contributed by atoms with E-state index in [1.165, 1.54) is 24.8 Å². The van der Waals surface area contributed by atoms with Crippen LogP contribution in [0.2, 0.25) is 0 Å². The summed E-state index contributed by atoms with van der Waals surface area (Å²) in [5, 5.41) is 11.1. The Morgan fingerprint density at radius 3 is 2.31 bits per heavy atom. The summed E-state index contributed by atoms with van der Waals surface area (Å²) in [7, 11) is 0. The lowest BCUT2D eigenvalue weighted by Crippen LogP contribution is -2.73. The van der Waals surface area contributed by atoms with Crippen molar-refractivity contribution in [2.75, 3.05) is 0 Å². The molecule has 0 aliphatic heterocycles. The molecule has 5 nitrogen and oxygen atoms in total. The van der Waals surface area contributed by atoms with E-state index in [2.05, 4.69) is 47.6 Å². The highest BCUT2D eigenvalue weighted by Gasteiger charge is 2.71. The van der Waals surface area contributed by atoms with Crippen LogP contribution < -0.4 is 11.5 Å². The molecule has 0 aromatic carbocycles. The number of carbonyl (C=O) groups is 2. The van der Waals surface area contributed by atoms with Crippen molar-refractivity contribution in [1.29, 1.82) is 0 Å². The Kier molecular flexibility index (Phi) is 5.40. The Hall–Kier alpha value is -1.20. The van der Waals surface area contributed by atoms with Gasteiger partial charge in [0.2, 0.25) is 5.91 Å². The highest BCUT2D eigenvalue weighted by molar-refractivity contribution is 5.96. The van der Waals surface area contributed by atoms with Crippen LogP contribution in [0.5, 0.6) is 0 Å². The maximum atomic E-state index is 14.3. The third-order valence-corrected chi connectivity index (χ3v) is 13.2. The standard InChI is InChI=1S/C30H48N2O3/c1-16-8-10-26(3)12-13-28(5)19(22(26)17(16)2)14-20(33)23-27(4)15-18(25(31)35)24(34)30(7,32)21(27)9-11-29(23,28)6/h14,16-18,21-24,34H,8-13,15,32H2,1-7H3,(H2,31,35)/t16-,17+,18?,21-,22+,23-,24+,26-,27+,28-,29-,30-/m1/s1. The van der Waals surface area contributed by atoms with Gasteiger partial charge in [-0.15, -0.1) is 0 Å². The lowest BCUT2D eigenvalue weighted by Gasteiger charge is -2.71. The predicted octanol–water partition coefficient (Wildman–Crippen LogP) is 4.61. The van der Waals surface area contributed by atoms with E-state index < -0.39 is 28.9 Å². The molecule has 1 unspecified atom stereocenters. The Morgan fingerprint density at radius 2 is 1.69 bits per heavy atom. The zero-order valence-corrected chi connectivity index (χ0v) is 23.0. The van der Waals surface area contributed by atoms with Crippen molar-refractivity contribution >= 4 is 11.7 Å². The predicted molar refractivity (Wildman–Crippen MR) is 138 cm³/mol. The molecule has 5 heteroatoms. The van der Waals surface area contributed by atoms with Crippen LogP contribution in [0, 0.1) is 57.2 Å². The fourth-order valence-electron chi connectivity index (χ4n) is 10.8. The number of rotatable bonds is 1. The lowest BCUT2D eigenvalue weighted by atomic mass is 9.33. The number of fused-ring (bicyclic) bond motifs is 7. The normalized spacial score (nSPS) is 57.8. The van der Waals surface area contributed by atoms with E-state index in [9.17, 15) is 14.7 Å². The molecule has 4 saturated carbocycles. The molecule has 0 radical (unpaired) electrons. The van der Waals surface area contributed by atoms with Crippen LogP contribution >= 0.6 is 0 Å². The van der Waals surface area contributed by atoms with Gasteiger partial charge >= 0.3 is 0 Å². The first-order chi connectivity index (χ1) is 16.0. The van der Waals surface area contributed by atoms with E-state index in [1.54, 1.807) is 0 Å². The van der Waals surface area contributed by atoms with Crippen molar-refractivity contribution in [2.24, 2.45) is 68.6 Å². The van der Waals surface area contributed by atoms with Crippen molar-refractivity contribution in [3.8, 4) is 0 Å². The molecule has 196 valence electrons. The summed E-state index contributed by atoms with van der Waals surface area (Å²) in [5.41, 5.74) is 12.6. The number of allylic oxidation sites excluding steroid dienone is 2. The van der Waals surface area contributed by atoms with Crippen LogP contribution in [0.1, 0.15) is 93.4 Å². The molecule has 0 bridgehead atoms. The molecule has 5 rings (SSSR count). The minimum atomic E-state index is -0.984. The fraction of sp³-hybridized carbons (Fsp3) is 0.867. The number of aliphatic hydroxyl groups is 1. The third-order valence-electron chi connectivity index (χ3n) is 13.2. The summed E-state index contributed by atoms with van der Waals surface area (Å²) in [6.45, 7) is 16.1. The van der Waals surface area contributed by atoms with Gasteiger partial charge < -0.3 is 16.6 Å². The van der Waals surface area contributed by atoms with Crippen molar-refractivity contribution < 1.29 is 14.7 Å². The highest BCUT2D eigenvalue weighted by Crippen LogP contribution is 2.74. The lowest BCUT2D eigenvalue weighted by molar-refractivity contribution is -0.200. The molecule has 0 spiro atoms. The largest absolute Gasteiger partial charge is 0.390 e. The van der Waals surface area contributed by atoms with Gasteiger partial charge in [-0.05, 0) is 103 Å². The average Bonchev–Trinajstić information content (AvgIpc) is 2.75. The second kappa shape index (κ2) is 7.43. The topological polar surface area (TPSA) is 106 Å². The number of primary amides is 1. The highest BCUT2D eigenvalue weighted by atomic mass is 16.3. The van der Waals surface area contributed by atoms with Gasteiger partial charge in [-0.25, -0.2) is 0 Å². The van der Waals surface area contributed by atoms with Crippen LogP contribution in [0.25, 0.3) is 0 Å². The molecule has 0 aromatic heterocycles. The SMILES string of the molecule is C[C@H]1[C@H](C)CC[C@]2(C)CC[C@]3(C)C(=CC(=O)[C@@H]4[C@@]5(C)CC(C(N)=O)[C@H](O)[C@](C)(N)[C@@H]5CC[C@]43C)[C@H]12. The molecule has 35 heavy (non-hydrogen) atoms. The number of ketones is 1. The molecule has 12 atom stereocenters. The van der Waals surface area contributed by atoms with Gasteiger partial charge in [0.05, 0.1) is 12.0 Å². The molecule has 0 aromatic rings. The summed E-state index contributed by atoms with van der Waals surface area (Å²) in [5.74, 6) is 0.402. The van der Waals surface area contributed by atoms with E-state index in [4.69, 9.17) is 11.5 Å². The van der Waals surface area contributed by atoms with Crippen molar-refractivity contribution in [2.45, 2.75) is 105 Å². The molecule has 0 heterocycles. The van der Waals surface area contributed by atoms with E-state index in [1.807, 2.05) is 6.92 Å². The quantitative estimate of drug-likeness (QED) is 0.505. The average molecular weight is 485 g/mol. The number of nitrogens with two attached hydrogens (primary N) is 2. The smallest absolute Gasteiger partial charge is 0.223 e. The summed E-state index contributed by atoms with van der Waals surface area (Å²) < 4.78 is 0. The number of hydrogen-bond acceptors (Lipinski definition) is 4. The molecule has 0 saturated heterocycles. The molecule has 5 N–H and O–H groups in total. The first-order valence-electron chi connectivity index (χ1n) is 14.1. The second-order valence-corrected chi connectivity index (χ2v) is 14.8. The van der Waals surface area contributed by atoms with E-state index in [0.29, 0.717) is 24.2 Å². The minimum absolute atomic E-state index is 0.0383. The number of amides is 1. The third kappa shape index (κ3) is 3.00. The first-order valence-corrected chi connectivity index (χ1v) is 14.1. The monoisotopic (exact) mass is 484 g/mol. The number of aliphatic hydroxyl groups excluding tert-OH is 1. The van der Waals surface area contributed by atoms with Gasteiger partial charge in [0.15, 0.2) is 5.78 Å². The maximum Gasteiger partial charge on any atom is 0.223 e. The Labute approximate surface area is 211 Å². The van der Waals surface area contributed by atoms with Crippen molar-refractivity contribution in [3.05, 3.63) is 11.6 Å². The minimum Gasteiger partial charge on any atom is -0.390 e. The zero-order valence-electron chi connectivity index (χ0n) is 23.0. The Balaban J connectivity index is 1.66. The van der Waals surface area contributed by atoms with Gasteiger partial charge in [0.1, 0.15) is 0 Å². The van der Waals surface area contributed by atoms with Gasteiger partial charge in [-0.2, -0.15) is 0 Å². The van der Waals surface area contributed by atoms with E-state index in [-0.39, 0.29) is 33.9 Å².